The van der Waals surface area contributed by atoms with Crippen LogP contribution in [-0.2, 0) is 4.79 Å². The molecule has 0 atom stereocenters. The molecular weight excluding hydrogens is 262 g/mol. The highest BCUT2D eigenvalue weighted by Gasteiger charge is 2.08. The van der Waals surface area contributed by atoms with Crippen molar-refractivity contribution < 1.29 is 19.5 Å². The Hall–Kier alpha value is -2.57. The standard InChI is InChI=1S/C13H17N3O4/c1-8-3-4-10(12(18)19)7-11(8)16-13(20)15-6-5-14-9(2)17/h3-4,7H,5-6H2,1-2H3,(H,14,17)(H,18,19)(H2,15,16,20). The van der Waals surface area contributed by atoms with Crippen molar-refractivity contribution in [3.05, 3.63) is 29.3 Å². The molecule has 7 nitrogen and oxygen atoms in total. The van der Waals surface area contributed by atoms with Crippen LogP contribution < -0.4 is 16.0 Å². The van der Waals surface area contributed by atoms with Crippen LogP contribution in [0.2, 0.25) is 0 Å². The lowest BCUT2D eigenvalue weighted by molar-refractivity contribution is -0.118. The number of anilines is 1. The molecule has 0 bridgehead atoms. The number of rotatable bonds is 5. The highest BCUT2D eigenvalue weighted by molar-refractivity contribution is 5.93. The summed E-state index contributed by atoms with van der Waals surface area (Å²) in [5.41, 5.74) is 1.29. The summed E-state index contributed by atoms with van der Waals surface area (Å²) in [5.74, 6) is -1.23. The number of urea groups is 1. The molecule has 0 aliphatic carbocycles. The van der Waals surface area contributed by atoms with Gasteiger partial charge >= 0.3 is 12.0 Å². The number of carbonyl (C=O) groups excluding carboxylic acids is 2. The predicted molar refractivity (Wildman–Crippen MR) is 73.8 cm³/mol. The first-order chi connectivity index (χ1) is 9.40. The average molecular weight is 279 g/mol. The maximum Gasteiger partial charge on any atom is 0.335 e. The fraction of sp³-hybridized carbons (Fsp3) is 0.308. The molecular formula is C13H17N3O4. The van der Waals surface area contributed by atoms with Gasteiger partial charge in [-0.1, -0.05) is 6.07 Å². The second-order valence-corrected chi connectivity index (χ2v) is 4.20. The highest BCUT2D eigenvalue weighted by atomic mass is 16.4. The highest BCUT2D eigenvalue weighted by Crippen LogP contribution is 2.16. The first kappa shape index (κ1) is 15.5. The van der Waals surface area contributed by atoms with Gasteiger partial charge in [0.25, 0.3) is 0 Å². The monoisotopic (exact) mass is 279 g/mol. The van der Waals surface area contributed by atoms with Crippen molar-refractivity contribution in [3.63, 3.8) is 0 Å². The molecule has 1 aromatic carbocycles. The summed E-state index contributed by atoms with van der Waals surface area (Å²) in [6.07, 6.45) is 0. The number of carbonyl (C=O) groups is 3. The summed E-state index contributed by atoms with van der Waals surface area (Å²) < 4.78 is 0. The second-order valence-electron chi connectivity index (χ2n) is 4.20. The number of hydrogen-bond acceptors (Lipinski definition) is 3. The lowest BCUT2D eigenvalue weighted by Crippen LogP contribution is -2.36. The van der Waals surface area contributed by atoms with Crippen LogP contribution in [0.15, 0.2) is 18.2 Å². The van der Waals surface area contributed by atoms with Gasteiger partial charge in [-0.05, 0) is 24.6 Å². The van der Waals surface area contributed by atoms with Gasteiger partial charge in [-0.3, -0.25) is 4.79 Å². The van der Waals surface area contributed by atoms with Gasteiger partial charge in [0.1, 0.15) is 0 Å². The summed E-state index contributed by atoms with van der Waals surface area (Å²) >= 11 is 0. The number of aryl methyl sites for hydroxylation is 1. The van der Waals surface area contributed by atoms with Crippen LogP contribution >= 0.6 is 0 Å². The molecule has 0 heterocycles. The van der Waals surface area contributed by atoms with Crippen molar-refractivity contribution in [2.24, 2.45) is 0 Å². The third-order valence-corrected chi connectivity index (χ3v) is 2.52. The van der Waals surface area contributed by atoms with E-state index in [2.05, 4.69) is 16.0 Å². The van der Waals surface area contributed by atoms with Crippen molar-refractivity contribution in [3.8, 4) is 0 Å². The Bertz CT molecular complexity index is 528. The smallest absolute Gasteiger partial charge is 0.335 e. The molecule has 0 spiro atoms. The molecule has 0 aromatic heterocycles. The number of carboxylic acids is 1. The Morgan fingerprint density at radius 1 is 1.15 bits per heavy atom. The van der Waals surface area contributed by atoms with Crippen molar-refractivity contribution in [1.82, 2.24) is 10.6 Å². The number of nitrogens with one attached hydrogen (secondary N) is 3. The summed E-state index contributed by atoms with van der Waals surface area (Å²) in [4.78, 5) is 33.1. The molecule has 0 saturated heterocycles. The van der Waals surface area contributed by atoms with Gasteiger partial charge in [0.05, 0.1) is 5.56 Å². The van der Waals surface area contributed by atoms with Crippen molar-refractivity contribution in [1.29, 1.82) is 0 Å². The van der Waals surface area contributed by atoms with E-state index >= 15 is 0 Å². The van der Waals surface area contributed by atoms with E-state index in [1.807, 2.05) is 0 Å². The van der Waals surface area contributed by atoms with Gasteiger partial charge in [0, 0.05) is 25.7 Å². The van der Waals surface area contributed by atoms with E-state index in [1.165, 1.54) is 19.1 Å². The minimum absolute atomic E-state index is 0.101. The number of benzene rings is 1. The van der Waals surface area contributed by atoms with Crippen molar-refractivity contribution in [2.45, 2.75) is 13.8 Å². The third-order valence-electron chi connectivity index (χ3n) is 2.52. The topological polar surface area (TPSA) is 108 Å². The molecule has 20 heavy (non-hydrogen) atoms. The van der Waals surface area contributed by atoms with Crippen LogP contribution in [0.3, 0.4) is 0 Å². The Morgan fingerprint density at radius 3 is 2.40 bits per heavy atom. The summed E-state index contributed by atoms with van der Waals surface area (Å²) in [6.45, 7) is 3.76. The Kier molecular flexibility index (Phi) is 5.52. The Balaban J connectivity index is 2.55. The van der Waals surface area contributed by atoms with E-state index in [9.17, 15) is 14.4 Å². The van der Waals surface area contributed by atoms with Gasteiger partial charge in [-0.25, -0.2) is 9.59 Å². The first-order valence-electron chi connectivity index (χ1n) is 6.03. The fourth-order valence-electron chi connectivity index (χ4n) is 1.47. The molecule has 0 saturated carbocycles. The van der Waals surface area contributed by atoms with E-state index in [-0.39, 0.29) is 18.0 Å². The number of carboxylic acid groups (broad SMARTS) is 1. The van der Waals surface area contributed by atoms with Crippen LogP contribution in [0.25, 0.3) is 0 Å². The first-order valence-corrected chi connectivity index (χ1v) is 6.03. The van der Waals surface area contributed by atoms with Crippen LogP contribution in [0, 0.1) is 6.92 Å². The zero-order valence-electron chi connectivity index (χ0n) is 11.3. The van der Waals surface area contributed by atoms with Gasteiger partial charge in [-0.2, -0.15) is 0 Å². The van der Waals surface area contributed by atoms with Gasteiger partial charge in [0.15, 0.2) is 0 Å². The molecule has 1 rings (SSSR count). The van der Waals surface area contributed by atoms with Crippen LogP contribution in [0.1, 0.15) is 22.8 Å². The minimum Gasteiger partial charge on any atom is -0.478 e. The molecule has 0 aliphatic heterocycles. The fourth-order valence-corrected chi connectivity index (χ4v) is 1.47. The summed E-state index contributed by atoms with van der Waals surface area (Å²) in [6, 6.07) is 4.03. The number of hydrogen-bond donors (Lipinski definition) is 4. The molecule has 0 aliphatic rings. The van der Waals surface area contributed by atoms with Crippen LogP contribution in [0.4, 0.5) is 10.5 Å². The van der Waals surface area contributed by atoms with E-state index in [4.69, 9.17) is 5.11 Å². The molecule has 4 N–H and O–H groups in total. The maximum atomic E-state index is 11.6. The van der Waals surface area contributed by atoms with Crippen molar-refractivity contribution in [2.75, 3.05) is 18.4 Å². The largest absolute Gasteiger partial charge is 0.478 e. The lowest BCUT2D eigenvalue weighted by Gasteiger charge is -2.10. The van der Waals surface area contributed by atoms with Crippen LogP contribution in [-0.4, -0.2) is 36.1 Å². The zero-order valence-corrected chi connectivity index (χ0v) is 11.3. The Labute approximate surface area is 116 Å². The quantitative estimate of drug-likeness (QED) is 0.602. The zero-order chi connectivity index (χ0) is 15.1. The van der Waals surface area contributed by atoms with E-state index in [0.29, 0.717) is 12.2 Å². The van der Waals surface area contributed by atoms with E-state index in [0.717, 1.165) is 5.56 Å². The number of amides is 3. The lowest BCUT2D eigenvalue weighted by atomic mass is 10.1. The summed E-state index contributed by atoms with van der Waals surface area (Å²) in [5, 5.41) is 16.5. The SMILES string of the molecule is CC(=O)NCCNC(=O)Nc1cc(C(=O)O)ccc1C. The normalized spacial score (nSPS) is 9.70. The molecule has 0 fully saturated rings. The molecule has 7 heteroatoms. The maximum absolute atomic E-state index is 11.6. The van der Waals surface area contributed by atoms with Gasteiger partial charge in [-0.15, -0.1) is 0 Å². The molecule has 0 unspecified atom stereocenters. The predicted octanol–water partition coefficient (Wildman–Crippen LogP) is 0.951. The molecule has 0 radical (unpaired) electrons. The average Bonchev–Trinajstić information content (AvgIpc) is 2.37. The molecule has 108 valence electrons. The van der Waals surface area contributed by atoms with Gasteiger partial charge in [0.2, 0.25) is 5.91 Å². The van der Waals surface area contributed by atoms with Crippen molar-refractivity contribution >= 4 is 23.6 Å². The molecule has 1 aromatic rings. The van der Waals surface area contributed by atoms with E-state index in [1.54, 1.807) is 13.0 Å². The van der Waals surface area contributed by atoms with Crippen LogP contribution in [0.5, 0.6) is 0 Å². The summed E-state index contributed by atoms with van der Waals surface area (Å²) in [7, 11) is 0. The Morgan fingerprint density at radius 2 is 1.80 bits per heavy atom. The number of aromatic carboxylic acids is 1. The van der Waals surface area contributed by atoms with Gasteiger partial charge < -0.3 is 21.1 Å². The van der Waals surface area contributed by atoms with E-state index < -0.39 is 12.0 Å². The molecule has 3 amide bonds. The third kappa shape index (κ3) is 4.97. The minimum atomic E-state index is -1.06. The second kappa shape index (κ2) is 7.13.